The van der Waals surface area contributed by atoms with Crippen LogP contribution in [0, 0.1) is 5.92 Å². The molecule has 1 saturated carbocycles. The predicted octanol–water partition coefficient (Wildman–Crippen LogP) is 2.41. The van der Waals surface area contributed by atoms with Crippen LogP contribution in [0.15, 0.2) is 15.5 Å². The van der Waals surface area contributed by atoms with Crippen LogP contribution in [0.1, 0.15) is 32.7 Å². The Morgan fingerprint density at radius 2 is 2.31 bits per heavy atom. The maximum absolute atomic E-state index is 11.9. The van der Waals surface area contributed by atoms with Crippen LogP contribution in [0.2, 0.25) is 0 Å². The zero-order chi connectivity index (χ0) is 11.7. The van der Waals surface area contributed by atoms with Crippen molar-refractivity contribution in [1.29, 1.82) is 0 Å². The summed E-state index contributed by atoms with van der Waals surface area (Å²) in [7, 11) is 0. The molecule has 0 amide bonds. The van der Waals surface area contributed by atoms with E-state index in [0.717, 1.165) is 18.2 Å². The Hall–Kier alpha value is -0.840. The first-order chi connectivity index (χ1) is 7.59. The minimum Gasteiger partial charge on any atom is -0.382 e. The second-order valence-electron chi connectivity index (χ2n) is 4.54. The molecule has 0 aliphatic heterocycles. The topological polar surface area (TPSA) is 46.9 Å². The second-order valence-corrected chi connectivity index (χ2v) is 5.33. The fraction of sp³-hybridized carbons (Fsp3) is 0.636. The number of nitrogens with one attached hydrogen (secondary N) is 1. The monoisotopic (exact) mass is 285 g/mol. The van der Waals surface area contributed by atoms with Crippen molar-refractivity contribution in [2.75, 3.05) is 11.9 Å². The van der Waals surface area contributed by atoms with Crippen molar-refractivity contribution < 1.29 is 0 Å². The van der Waals surface area contributed by atoms with E-state index in [1.807, 2.05) is 13.8 Å². The molecule has 1 heterocycles. The van der Waals surface area contributed by atoms with Crippen molar-refractivity contribution >= 4 is 21.6 Å². The van der Waals surface area contributed by atoms with Gasteiger partial charge in [-0.15, -0.1) is 0 Å². The van der Waals surface area contributed by atoms with Crippen LogP contribution in [0.5, 0.6) is 0 Å². The number of halogens is 1. The molecule has 1 aliphatic rings. The van der Waals surface area contributed by atoms with Gasteiger partial charge in [-0.3, -0.25) is 4.79 Å². The van der Waals surface area contributed by atoms with Crippen LogP contribution >= 0.6 is 15.9 Å². The van der Waals surface area contributed by atoms with E-state index in [9.17, 15) is 4.79 Å². The molecule has 1 aromatic rings. The highest BCUT2D eigenvalue weighted by Gasteiger charge is 2.21. The zero-order valence-corrected chi connectivity index (χ0v) is 11.1. The third-order valence-corrected chi connectivity index (χ3v) is 3.48. The SMILES string of the molecule is CC(C)n1ncc(NCC2CC2)c(Br)c1=O. The summed E-state index contributed by atoms with van der Waals surface area (Å²) in [5.41, 5.74) is 0.726. The van der Waals surface area contributed by atoms with Gasteiger partial charge in [0.15, 0.2) is 0 Å². The average molecular weight is 286 g/mol. The van der Waals surface area contributed by atoms with Crippen molar-refractivity contribution in [3.05, 3.63) is 21.0 Å². The second kappa shape index (κ2) is 4.57. The number of nitrogens with zero attached hydrogens (tertiary/aromatic N) is 2. The van der Waals surface area contributed by atoms with E-state index < -0.39 is 0 Å². The van der Waals surface area contributed by atoms with E-state index in [-0.39, 0.29) is 11.6 Å². The van der Waals surface area contributed by atoms with Gasteiger partial charge in [0.1, 0.15) is 4.47 Å². The highest BCUT2D eigenvalue weighted by Crippen LogP contribution is 2.29. The van der Waals surface area contributed by atoms with Gasteiger partial charge in [0.25, 0.3) is 5.56 Å². The Labute approximate surface area is 103 Å². The number of rotatable bonds is 4. The summed E-state index contributed by atoms with van der Waals surface area (Å²) in [5.74, 6) is 0.777. The number of anilines is 1. The van der Waals surface area contributed by atoms with E-state index in [0.29, 0.717) is 4.47 Å². The first-order valence-electron chi connectivity index (χ1n) is 5.60. The molecule has 2 rings (SSSR count). The largest absolute Gasteiger partial charge is 0.382 e. The maximum atomic E-state index is 11.9. The Morgan fingerprint density at radius 1 is 1.62 bits per heavy atom. The number of hydrogen-bond acceptors (Lipinski definition) is 3. The van der Waals surface area contributed by atoms with E-state index in [1.165, 1.54) is 17.5 Å². The Kier molecular flexibility index (Phi) is 3.33. The quantitative estimate of drug-likeness (QED) is 0.924. The lowest BCUT2D eigenvalue weighted by Crippen LogP contribution is -2.26. The van der Waals surface area contributed by atoms with Crippen molar-refractivity contribution in [2.45, 2.75) is 32.7 Å². The summed E-state index contributed by atoms with van der Waals surface area (Å²) in [6, 6.07) is 0.0845. The molecule has 88 valence electrons. The van der Waals surface area contributed by atoms with Crippen LogP contribution in [-0.2, 0) is 0 Å². The fourth-order valence-electron chi connectivity index (χ4n) is 1.51. The molecule has 0 saturated heterocycles. The Balaban J connectivity index is 2.19. The van der Waals surface area contributed by atoms with Gasteiger partial charge in [0.05, 0.1) is 17.9 Å². The van der Waals surface area contributed by atoms with Gasteiger partial charge in [-0.05, 0) is 48.5 Å². The summed E-state index contributed by atoms with van der Waals surface area (Å²) in [5, 5.41) is 7.41. The van der Waals surface area contributed by atoms with Crippen LogP contribution in [0.25, 0.3) is 0 Å². The third-order valence-electron chi connectivity index (χ3n) is 2.71. The van der Waals surface area contributed by atoms with E-state index in [1.54, 1.807) is 6.20 Å². The van der Waals surface area contributed by atoms with E-state index >= 15 is 0 Å². The standard InChI is InChI=1S/C11H16BrN3O/c1-7(2)15-11(16)10(12)9(6-14-15)13-5-8-3-4-8/h6-8,13H,3-5H2,1-2H3. The van der Waals surface area contributed by atoms with Crippen molar-refractivity contribution in [3.63, 3.8) is 0 Å². The van der Waals surface area contributed by atoms with Crippen molar-refractivity contribution in [2.24, 2.45) is 5.92 Å². The molecule has 16 heavy (non-hydrogen) atoms. The van der Waals surface area contributed by atoms with Gasteiger partial charge in [-0.25, -0.2) is 4.68 Å². The molecular weight excluding hydrogens is 270 g/mol. The molecule has 0 aromatic carbocycles. The fourth-order valence-corrected chi connectivity index (χ4v) is 1.94. The highest BCUT2D eigenvalue weighted by atomic mass is 79.9. The van der Waals surface area contributed by atoms with Crippen molar-refractivity contribution in [3.8, 4) is 0 Å². The van der Waals surface area contributed by atoms with Crippen LogP contribution in [0.3, 0.4) is 0 Å². The molecule has 5 heteroatoms. The van der Waals surface area contributed by atoms with Crippen LogP contribution < -0.4 is 10.9 Å². The minimum absolute atomic E-state index is 0.0733. The Bertz CT molecular complexity index is 437. The molecular formula is C11H16BrN3O. The summed E-state index contributed by atoms with van der Waals surface area (Å²) in [6.45, 7) is 4.82. The van der Waals surface area contributed by atoms with Gasteiger partial charge < -0.3 is 5.32 Å². The third kappa shape index (κ3) is 2.45. The Morgan fingerprint density at radius 3 is 2.88 bits per heavy atom. The van der Waals surface area contributed by atoms with Crippen molar-refractivity contribution in [1.82, 2.24) is 9.78 Å². The molecule has 1 aliphatic carbocycles. The summed E-state index contributed by atoms with van der Waals surface area (Å²) in [4.78, 5) is 11.9. The summed E-state index contributed by atoms with van der Waals surface area (Å²) < 4.78 is 2.06. The van der Waals surface area contributed by atoms with Gasteiger partial charge in [-0.2, -0.15) is 5.10 Å². The summed E-state index contributed by atoms with van der Waals surface area (Å²) >= 11 is 3.33. The first kappa shape index (κ1) is 11.6. The zero-order valence-electron chi connectivity index (χ0n) is 9.53. The van der Waals surface area contributed by atoms with Gasteiger partial charge in [-0.1, -0.05) is 0 Å². The van der Waals surface area contributed by atoms with Gasteiger partial charge in [0.2, 0.25) is 0 Å². The molecule has 0 unspecified atom stereocenters. The minimum atomic E-state index is -0.0733. The molecule has 0 spiro atoms. The maximum Gasteiger partial charge on any atom is 0.283 e. The molecule has 0 atom stereocenters. The van der Waals surface area contributed by atoms with E-state index in [2.05, 4.69) is 26.3 Å². The molecule has 4 nitrogen and oxygen atoms in total. The first-order valence-corrected chi connectivity index (χ1v) is 6.40. The summed E-state index contributed by atoms with van der Waals surface area (Å²) in [6.07, 6.45) is 4.30. The predicted molar refractivity (Wildman–Crippen MR) is 67.8 cm³/mol. The molecule has 0 radical (unpaired) electrons. The highest BCUT2D eigenvalue weighted by molar-refractivity contribution is 9.10. The molecule has 1 fully saturated rings. The molecule has 1 aromatic heterocycles. The smallest absolute Gasteiger partial charge is 0.283 e. The van der Waals surface area contributed by atoms with Gasteiger partial charge >= 0.3 is 0 Å². The number of aromatic nitrogens is 2. The number of hydrogen-bond donors (Lipinski definition) is 1. The normalized spacial score (nSPS) is 15.5. The van der Waals surface area contributed by atoms with Gasteiger partial charge in [0, 0.05) is 6.54 Å². The lowest BCUT2D eigenvalue weighted by Gasteiger charge is -2.12. The lowest BCUT2D eigenvalue weighted by molar-refractivity contribution is 0.501. The molecule has 0 bridgehead atoms. The van der Waals surface area contributed by atoms with Crippen LogP contribution in [-0.4, -0.2) is 16.3 Å². The average Bonchev–Trinajstić information content (AvgIpc) is 3.03. The molecule has 1 N–H and O–H groups in total. The lowest BCUT2D eigenvalue weighted by atomic mass is 10.3. The van der Waals surface area contributed by atoms with E-state index in [4.69, 9.17) is 0 Å². The van der Waals surface area contributed by atoms with Crippen LogP contribution in [0.4, 0.5) is 5.69 Å².